The first-order valence-corrected chi connectivity index (χ1v) is 7.67. The first-order valence-electron chi connectivity index (χ1n) is 5.62. The third kappa shape index (κ3) is 4.14. The molecule has 0 unspecified atom stereocenters. The van der Waals surface area contributed by atoms with Crippen LogP contribution in [0.1, 0.15) is 4.88 Å². The van der Waals surface area contributed by atoms with Gasteiger partial charge >= 0.3 is 0 Å². The summed E-state index contributed by atoms with van der Waals surface area (Å²) in [6, 6.07) is 7.43. The van der Waals surface area contributed by atoms with E-state index in [1.807, 2.05) is 11.4 Å². The molecule has 0 aliphatic heterocycles. The number of nitrogens with zero attached hydrogens (tertiary/aromatic N) is 1. The maximum Gasteiger partial charge on any atom is 0.266 e. The van der Waals surface area contributed by atoms with Crippen molar-refractivity contribution >= 4 is 56.5 Å². The third-order valence-corrected chi connectivity index (χ3v) is 4.35. The highest BCUT2D eigenvalue weighted by atomic mass is 79.9. The summed E-state index contributed by atoms with van der Waals surface area (Å²) in [7, 11) is 0. The normalized spacial score (nSPS) is 11.0. The van der Waals surface area contributed by atoms with E-state index in [9.17, 15) is 9.18 Å². The van der Waals surface area contributed by atoms with E-state index >= 15 is 0 Å². The van der Waals surface area contributed by atoms with E-state index in [0.29, 0.717) is 5.69 Å². The van der Waals surface area contributed by atoms with Gasteiger partial charge in [-0.2, -0.15) is 5.26 Å². The molecular weight excluding hydrogens is 379 g/mol. The van der Waals surface area contributed by atoms with E-state index in [0.717, 1.165) is 15.4 Å². The number of carbonyl (C=O) groups excluding carboxylic acids is 1. The second-order valence-electron chi connectivity index (χ2n) is 3.92. The molecule has 1 aromatic heterocycles. The average Bonchev–Trinajstić information content (AvgIpc) is 2.85. The van der Waals surface area contributed by atoms with Gasteiger partial charge in [-0.3, -0.25) is 4.79 Å². The summed E-state index contributed by atoms with van der Waals surface area (Å²) >= 11 is 10.3. The summed E-state index contributed by atoms with van der Waals surface area (Å²) in [5.74, 6) is -1.15. The van der Waals surface area contributed by atoms with Crippen molar-refractivity contribution in [3.63, 3.8) is 0 Å². The quantitative estimate of drug-likeness (QED) is 0.606. The summed E-state index contributed by atoms with van der Waals surface area (Å²) < 4.78 is 13.9. The highest BCUT2D eigenvalue weighted by Crippen LogP contribution is 2.23. The van der Waals surface area contributed by atoms with E-state index in [4.69, 9.17) is 16.9 Å². The fourth-order valence-corrected chi connectivity index (χ4v) is 3.02. The van der Waals surface area contributed by atoms with Gasteiger partial charge in [0.25, 0.3) is 5.91 Å². The summed E-state index contributed by atoms with van der Waals surface area (Å²) in [4.78, 5) is 12.8. The molecule has 1 N–H and O–H groups in total. The van der Waals surface area contributed by atoms with Crippen molar-refractivity contribution in [2.24, 2.45) is 0 Å². The highest BCUT2D eigenvalue weighted by molar-refractivity contribution is 9.10. The molecule has 0 radical (unpaired) electrons. The van der Waals surface area contributed by atoms with Crippen LogP contribution in [-0.4, -0.2) is 5.91 Å². The zero-order chi connectivity index (χ0) is 15.4. The van der Waals surface area contributed by atoms with Crippen LogP contribution < -0.4 is 5.32 Å². The van der Waals surface area contributed by atoms with Gasteiger partial charge in [0.2, 0.25) is 0 Å². The molecule has 2 aromatic rings. The predicted molar refractivity (Wildman–Crippen MR) is 85.6 cm³/mol. The lowest BCUT2D eigenvalue weighted by Crippen LogP contribution is -2.13. The molecular formula is C14H7BrClFN2OS. The smallest absolute Gasteiger partial charge is 0.266 e. The monoisotopic (exact) mass is 384 g/mol. The fraction of sp³-hybridized carbons (Fsp3) is 0. The number of hydrogen-bond donors (Lipinski definition) is 1. The molecule has 2 rings (SSSR count). The topological polar surface area (TPSA) is 52.9 Å². The SMILES string of the molecule is N#C/C(=C\c1cc(Br)cs1)C(=O)Nc1ccc(F)c(Cl)c1. The van der Waals surface area contributed by atoms with Crippen LogP contribution in [0.4, 0.5) is 10.1 Å². The minimum atomic E-state index is -0.579. The summed E-state index contributed by atoms with van der Waals surface area (Å²) in [5, 5.41) is 13.3. The standard InChI is InChI=1S/C14H7BrClFN2OS/c15-9-4-11(21-7-9)3-8(6-18)14(20)19-10-1-2-13(17)12(16)5-10/h1-5,7H,(H,19,20)/b8-3+. The van der Waals surface area contributed by atoms with Gasteiger partial charge in [-0.05, 0) is 46.3 Å². The molecule has 1 aromatic carbocycles. The summed E-state index contributed by atoms with van der Waals surface area (Å²) in [5.41, 5.74) is 0.268. The number of anilines is 1. The number of nitrogens with one attached hydrogen (secondary N) is 1. The minimum Gasteiger partial charge on any atom is -0.321 e. The van der Waals surface area contributed by atoms with Gasteiger partial charge in [0, 0.05) is 20.4 Å². The van der Waals surface area contributed by atoms with Crippen molar-refractivity contribution < 1.29 is 9.18 Å². The van der Waals surface area contributed by atoms with Crippen molar-refractivity contribution in [3.05, 3.63) is 55.4 Å². The zero-order valence-corrected chi connectivity index (χ0v) is 13.5. The third-order valence-electron chi connectivity index (χ3n) is 2.42. The van der Waals surface area contributed by atoms with Gasteiger partial charge in [-0.25, -0.2) is 4.39 Å². The number of amides is 1. The Morgan fingerprint density at radius 3 is 2.81 bits per heavy atom. The molecule has 1 heterocycles. The van der Waals surface area contributed by atoms with E-state index in [1.54, 1.807) is 6.07 Å². The van der Waals surface area contributed by atoms with Gasteiger partial charge in [0.05, 0.1) is 5.02 Å². The maximum atomic E-state index is 13.0. The number of nitriles is 1. The van der Waals surface area contributed by atoms with E-state index < -0.39 is 11.7 Å². The largest absolute Gasteiger partial charge is 0.321 e. The first kappa shape index (κ1) is 15.7. The second kappa shape index (κ2) is 6.85. The summed E-state index contributed by atoms with van der Waals surface area (Å²) in [6.07, 6.45) is 1.48. The highest BCUT2D eigenvalue weighted by Gasteiger charge is 2.11. The average molecular weight is 386 g/mol. The predicted octanol–water partition coefficient (Wildman–Crippen LogP) is 4.85. The van der Waals surface area contributed by atoms with Crippen molar-refractivity contribution in [2.75, 3.05) is 5.32 Å². The lowest BCUT2D eigenvalue weighted by Gasteiger charge is -2.04. The van der Waals surface area contributed by atoms with Gasteiger partial charge in [0.15, 0.2) is 0 Å². The van der Waals surface area contributed by atoms with E-state index in [1.165, 1.54) is 29.5 Å². The Bertz CT molecular complexity index is 767. The van der Waals surface area contributed by atoms with Gasteiger partial charge in [-0.15, -0.1) is 11.3 Å². The van der Waals surface area contributed by atoms with E-state index in [2.05, 4.69) is 21.2 Å². The van der Waals surface area contributed by atoms with Crippen LogP contribution in [-0.2, 0) is 4.79 Å². The first-order chi connectivity index (χ1) is 9.99. The molecule has 7 heteroatoms. The maximum absolute atomic E-state index is 13.0. The lowest BCUT2D eigenvalue weighted by molar-refractivity contribution is -0.112. The number of halogens is 3. The van der Waals surface area contributed by atoms with Crippen LogP contribution in [0.2, 0.25) is 5.02 Å². The fourth-order valence-electron chi connectivity index (χ4n) is 1.47. The van der Waals surface area contributed by atoms with Crippen molar-refractivity contribution in [3.8, 4) is 6.07 Å². The zero-order valence-electron chi connectivity index (χ0n) is 10.4. The second-order valence-corrected chi connectivity index (χ2v) is 6.19. The number of hydrogen-bond acceptors (Lipinski definition) is 3. The van der Waals surface area contributed by atoms with Crippen LogP contribution in [0.3, 0.4) is 0 Å². The van der Waals surface area contributed by atoms with Crippen LogP contribution >= 0.6 is 38.9 Å². The molecule has 0 aliphatic carbocycles. The Kier molecular flexibility index (Phi) is 5.12. The molecule has 1 amide bonds. The van der Waals surface area contributed by atoms with Gasteiger partial charge < -0.3 is 5.32 Å². The molecule has 0 bridgehead atoms. The van der Waals surface area contributed by atoms with Crippen molar-refractivity contribution in [1.29, 1.82) is 5.26 Å². The number of carbonyl (C=O) groups is 1. The Morgan fingerprint density at radius 2 is 2.24 bits per heavy atom. The Hall–Kier alpha value is -1.68. The van der Waals surface area contributed by atoms with Crippen LogP contribution in [0, 0.1) is 17.1 Å². The van der Waals surface area contributed by atoms with Crippen LogP contribution in [0.15, 0.2) is 39.7 Å². The van der Waals surface area contributed by atoms with E-state index in [-0.39, 0.29) is 10.6 Å². The Balaban J connectivity index is 2.19. The molecule has 0 saturated heterocycles. The van der Waals surface area contributed by atoms with Crippen molar-refractivity contribution in [1.82, 2.24) is 0 Å². The van der Waals surface area contributed by atoms with Gasteiger partial charge in [0.1, 0.15) is 17.5 Å². The van der Waals surface area contributed by atoms with Gasteiger partial charge in [-0.1, -0.05) is 11.6 Å². The lowest BCUT2D eigenvalue weighted by atomic mass is 10.2. The van der Waals surface area contributed by atoms with Crippen LogP contribution in [0.5, 0.6) is 0 Å². The number of benzene rings is 1. The number of thiophene rings is 1. The van der Waals surface area contributed by atoms with Crippen LogP contribution in [0.25, 0.3) is 6.08 Å². The molecule has 0 fully saturated rings. The van der Waals surface area contributed by atoms with Crippen molar-refractivity contribution in [2.45, 2.75) is 0 Å². The molecule has 0 aliphatic rings. The Labute approximate surface area is 137 Å². The minimum absolute atomic E-state index is 0.0511. The Morgan fingerprint density at radius 1 is 1.48 bits per heavy atom. The molecule has 3 nitrogen and oxygen atoms in total. The molecule has 21 heavy (non-hydrogen) atoms. The molecule has 0 atom stereocenters. The number of rotatable bonds is 3. The summed E-state index contributed by atoms with van der Waals surface area (Å²) in [6.45, 7) is 0. The molecule has 0 saturated carbocycles. The molecule has 0 spiro atoms. The molecule has 106 valence electrons.